The van der Waals surface area contributed by atoms with E-state index in [0.29, 0.717) is 11.4 Å². The van der Waals surface area contributed by atoms with Gasteiger partial charge in [0.1, 0.15) is 11.5 Å². The summed E-state index contributed by atoms with van der Waals surface area (Å²) >= 11 is 0. The van der Waals surface area contributed by atoms with Gasteiger partial charge in [0.25, 0.3) is 0 Å². The van der Waals surface area contributed by atoms with Gasteiger partial charge < -0.3 is 18.1 Å². The van der Waals surface area contributed by atoms with Crippen LogP contribution in [0.1, 0.15) is 121 Å². The predicted octanol–water partition coefficient (Wildman–Crippen LogP) is 10.1. The van der Waals surface area contributed by atoms with Crippen LogP contribution in [0.25, 0.3) is 0 Å². The second-order valence-corrected chi connectivity index (χ2v) is 15.4. The second-order valence-electron chi connectivity index (χ2n) is 11.2. The van der Waals surface area contributed by atoms with Crippen molar-refractivity contribution in [2.45, 2.75) is 127 Å². The molecule has 208 valence electrons. The third-order valence-corrected chi connectivity index (χ3v) is 12.6. The Hall–Kier alpha value is -0.860. The lowest BCUT2D eigenvalue weighted by molar-refractivity contribution is 0.308. The molecular formula is C30H48O5P2. The van der Waals surface area contributed by atoms with Crippen LogP contribution in [0.4, 0.5) is 0 Å². The van der Waals surface area contributed by atoms with Crippen LogP contribution in [0.15, 0.2) is 23.8 Å². The fourth-order valence-electron chi connectivity index (χ4n) is 6.33. The van der Waals surface area contributed by atoms with Gasteiger partial charge in [-0.1, -0.05) is 57.1 Å². The molecule has 0 heterocycles. The van der Waals surface area contributed by atoms with E-state index in [1.54, 1.807) is 14.2 Å². The molecule has 3 atom stereocenters. The van der Waals surface area contributed by atoms with E-state index in [4.69, 9.17) is 18.1 Å². The first kappa shape index (κ1) is 29.1. The maximum atomic E-state index is 14.1. The van der Waals surface area contributed by atoms with E-state index in [-0.39, 0.29) is 11.6 Å². The van der Waals surface area contributed by atoms with Crippen LogP contribution < -0.4 is 9.05 Å². The summed E-state index contributed by atoms with van der Waals surface area (Å²) in [5, 5.41) is 0. The molecule has 0 saturated heterocycles. The van der Waals surface area contributed by atoms with Crippen molar-refractivity contribution in [2.75, 3.05) is 14.2 Å². The first-order valence-electron chi connectivity index (χ1n) is 14.7. The number of allylic oxidation sites excluding steroid dienone is 2. The highest BCUT2D eigenvalue weighted by molar-refractivity contribution is 7.55. The summed E-state index contributed by atoms with van der Waals surface area (Å²) in [5.41, 5.74) is 4.06. The quantitative estimate of drug-likeness (QED) is 0.139. The van der Waals surface area contributed by atoms with Gasteiger partial charge in [0.05, 0.1) is 5.66 Å². The standard InChI is InChI=1S/C30H48O5P2/c1-5-6-7-14-24-21-28(34-36(32-3)26-16-8-9-17-26)30(25-15-12-13-23(2)20-25)29(22-24)35-37(31,33-4)27-18-10-11-19-27/h20-22,25-27H,5-19H2,1-4H3. The topological polar surface area (TPSA) is 54.0 Å². The van der Waals surface area contributed by atoms with Gasteiger partial charge >= 0.3 is 7.60 Å². The van der Waals surface area contributed by atoms with Gasteiger partial charge in [-0.2, -0.15) is 0 Å². The summed E-state index contributed by atoms with van der Waals surface area (Å²) in [4.78, 5) is 0. The minimum absolute atomic E-state index is 0.0308. The Balaban J connectivity index is 1.78. The number of benzene rings is 1. The Morgan fingerprint density at radius 2 is 1.65 bits per heavy atom. The van der Waals surface area contributed by atoms with Crippen LogP contribution in [-0.4, -0.2) is 25.5 Å². The lowest BCUT2D eigenvalue weighted by Gasteiger charge is -2.30. The van der Waals surface area contributed by atoms with Gasteiger partial charge in [0.2, 0.25) is 8.38 Å². The smallest absolute Gasteiger partial charge is 0.381 e. The highest BCUT2D eigenvalue weighted by atomic mass is 31.2. The summed E-state index contributed by atoms with van der Waals surface area (Å²) in [6.07, 6.45) is 18.9. The minimum Gasteiger partial charge on any atom is -0.447 e. The van der Waals surface area contributed by atoms with E-state index in [1.807, 2.05) is 0 Å². The van der Waals surface area contributed by atoms with E-state index < -0.39 is 16.0 Å². The number of hydrogen-bond acceptors (Lipinski definition) is 5. The molecule has 0 N–H and O–H groups in total. The second kappa shape index (κ2) is 14.0. The molecule has 3 aliphatic rings. The predicted molar refractivity (Wildman–Crippen MR) is 154 cm³/mol. The molecule has 0 aromatic heterocycles. The average Bonchev–Trinajstić information content (AvgIpc) is 3.63. The molecule has 5 nitrogen and oxygen atoms in total. The first-order chi connectivity index (χ1) is 18.0. The Morgan fingerprint density at radius 1 is 0.946 bits per heavy atom. The van der Waals surface area contributed by atoms with Crippen molar-refractivity contribution in [3.8, 4) is 11.5 Å². The molecule has 1 aromatic carbocycles. The van der Waals surface area contributed by atoms with Crippen molar-refractivity contribution in [1.29, 1.82) is 0 Å². The molecule has 3 aliphatic carbocycles. The van der Waals surface area contributed by atoms with E-state index >= 15 is 0 Å². The molecule has 2 fully saturated rings. The molecule has 0 spiro atoms. The molecule has 0 radical (unpaired) electrons. The average molecular weight is 551 g/mol. The number of unbranched alkanes of at least 4 members (excludes halogenated alkanes) is 2. The highest BCUT2D eigenvalue weighted by Gasteiger charge is 2.40. The van der Waals surface area contributed by atoms with Crippen molar-refractivity contribution >= 4 is 16.0 Å². The van der Waals surface area contributed by atoms with Crippen molar-refractivity contribution in [3.05, 3.63) is 34.9 Å². The molecule has 0 aliphatic heterocycles. The fraction of sp³-hybridized carbons (Fsp3) is 0.733. The fourth-order valence-corrected chi connectivity index (χ4v) is 9.92. The zero-order valence-electron chi connectivity index (χ0n) is 23.5. The molecule has 0 bridgehead atoms. The number of rotatable bonds is 13. The molecule has 7 heteroatoms. The maximum Gasteiger partial charge on any atom is 0.381 e. The number of hydrogen-bond donors (Lipinski definition) is 0. The Bertz CT molecular complexity index is 950. The van der Waals surface area contributed by atoms with Crippen LogP contribution in [-0.2, 0) is 20.0 Å². The normalized spacial score (nSPS) is 23.6. The van der Waals surface area contributed by atoms with E-state index in [0.717, 1.165) is 81.9 Å². The maximum absolute atomic E-state index is 14.1. The number of aryl methyl sites for hydroxylation is 1. The molecule has 37 heavy (non-hydrogen) atoms. The van der Waals surface area contributed by atoms with Gasteiger partial charge in [-0.15, -0.1) is 0 Å². The summed E-state index contributed by atoms with van der Waals surface area (Å²) in [7, 11) is -1.01. The van der Waals surface area contributed by atoms with Crippen LogP contribution in [0.3, 0.4) is 0 Å². The third kappa shape index (κ3) is 7.42. The van der Waals surface area contributed by atoms with Gasteiger partial charge in [-0.3, -0.25) is 0 Å². The van der Waals surface area contributed by atoms with E-state index in [9.17, 15) is 4.57 Å². The van der Waals surface area contributed by atoms with E-state index in [1.165, 1.54) is 36.8 Å². The molecule has 2 saturated carbocycles. The van der Waals surface area contributed by atoms with E-state index in [2.05, 4.69) is 32.1 Å². The molecular weight excluding hydrogens is 502 g/mol. The molecule has 4 rings (SSSR count). The van der Waals surface area contributed by atoms with Crippen molar-refractivity contribution in [3.63, 3.8) is 0 Å². The summed E-state index contributed by atoms with van der Waals surface area (Å²) in [6, 6.07) is 4.37. The summed E-state index contributed by atoms with van der Waals surface area (Å²) in [5.74, 6) is 1.75. The summed E-state index contributed by atoms with van der Waals surface area (Å²) in [6.45, 7) is 4.44. The van der Waals surface area contributed by atoms with Crippen molar-refractivity contribution in [1.82, 2.24) is 0 Å². The van der Waals surface area contributed by atoms with Gasteiger partial charge in [0, 0.05) is 31.4 Å². The lowest BCUT2D eigenvalue weighted by Crippen LogP contribution is -2.14. The SMILES string of the molecule is CCCCCc1cc(OP(OC)C2CCCC2)c(C2C=C(C)CCC2)c(OP(=O)(OC)C2CCCC2)c1. The lowest BCUT2D eigenvalue weighted by atomic mass is 9.84. The third-order valence-electron chi connectivity index (χ3n) is 8.42. The molecule has 1 aromatic rings. The van der Waals surface area contributed by atoms with Crippen LogP contribution >= 0.6 is 16.0 Å². The molecule has 3 unspecified atom stereocenters. The van der Waals surface area contributed by atoms with Crippen LogP contribution in [0.2, 0.25) is 0 Å². The minimum atomic E-state index is -3.30. The van der Waals surface area contributed by atoms with Gasteiger partial charge in [0.15, 0.2) is 0 Å². The Morgan fingerprint density at radius 3 is 2.30 bits per heavy atom. The Labute approximate surface area is 226 Å². The zero-order valence-corrected chi connectivity index (χ0v) is 25.3. The largest absolute Gasteiger partial charge is 0.447 e. The van der Waals surface area contributed by atoms with Crippen LogP contribution in [0, 0.1) is 0 Å². The van der Waals surface area contributed by atoms with Crippen molar-refractivity contribution < 1.29 is 22.7 Å². The van der Waals surface area contributed by atoms with Crippen LogP contribution in [0.5, 0.6) is 11.5 Å². The van der Waals surface area contributed by atoms with Crippen molar-refractivity contribution in [2.24, 2.45) is 0 Å². The molecule has 0 amide bonds. The first-order valence-corrected chi connectivity index (χ1v) is 17.5. The zero-order chi connectivity index (χ0) is 26.3. The highest BCUT2D eigenvalue weighted by Crippen LogP contribution is 2.60. The monoisotopic (exact) mass is 550 g/mol. The van der Waals surface area contributed by atoms with Gasteiger partial charge in [-0.05, 0) is 82.4 Å². The summed E-state index contributed by atoms with van der Waals surface area (Å²) < 4.78 is 39.2. The Kier molecular flexibility index (Phi) is 11.0. The van der Waals surface area contributed by atoms with Gasteiger partial charge in [-0.25, -0.2) is 4.57 Å².